The van der Waals surface area contributed by atoms with E-state index in [4.69, 9.17) is 9.16 Å². The molecular weight excluding hydrogens is 232 g/mol. The fourth-order valence-corrected chi connectivity index (χ4v) is 1.72. The number of hydrogen-bond donors (Lipinski definition) is 0. The first-order chi connectivity index (χ1) is 8.33. The fourth-order valence-electron chi connectivity index (χ4n) is 1.55. The summed E-state index contributed by atoms with van der Waals surface area (Å²) in [5, 5.41) is 0. The van der Waals surface area contributed by atoms with Gasteiger partial charge in [-0.25, -0.2) is 0 Å². The standard InChI is InChI=1S/C13H20O3Si/c14-13(15-10-11-16-17)9-5-4-8-12-6-2-1-3-7-12/h1-3,6-7H,4-5,8-11H2,17H3. The molecule has 0 unspecified atom stereocenters. The van der Waals surface area contributed by atoms with E-state index in [2.05, 4.69) is 12.1 Å². The molecule has 0 saturated heterocycles. The molecule has 0 aliphatic carbocycles. The van der Waals surface area contributed by atoms with Crippen LogP contribution in [-0.2, 0) is 20.4 Å². The van der Waals surface area contributed by atoms with Crippen LogP contribution in [0.1, 0.15) is 24.8 Å². The van der Waals surface area contributed by atoms with Crippen molar-refractivity contribution in [3.8, 4) is 0 Å². The summed E-state index contributed by atoms with van der Waals surface area (Å²) in [6.45, 7) is 0.920. The van der Waals surface area contributed by atoms with E-state index >= 15 is 0 Å². The largest absolute Gasteiger partial charge is 0.463 e. The summed E-state index contributed by atoms with van der Waals surface area (Å²) in [5.74, 6) is -0.114. The maximum Gasteiger partial charge on any atom is 0.305 e. The van der Waals surface area contributed by atoms with Gasteiger partial charge in [0.1, 0.15) is 17.1 Å². The predicted octanol–water partition coefficient (Wildman–Crippen LogP) is 1.24. The summed E-state index contributed by atoms with van der Waals surface area (Å²) in [6.07, 6.45) is 3.44. The third-order valence-corrected chi connectivity index (χ3v) is 2.90. The number of rotatable bonds is 8. The highest BCUT2D eigenvalue weighted by Crippen LogP contribution is 2.06. The molecule has 3 nitrogen and oxygen atoms in total. The molecule has 0 N–H and O–H groups in total. The van der Waals surface area contributed by atoms with Crippen molar-refractivity contribution in [3.63, 3.8) is 0 Å². The second-order valence-corrected chi connectivity index (χ2v) is 4.48. The maximum absolute atomic E-state index is 11.3. The number of aryl methyl sites for hydroxylation is 1. The second kappa shape index (κ2) is 8.96. The lowest BCUT2D eigenvalue weighted by Gasteiger charge is -2.04. The Hall–Kier alpha value is -1.13. The first-order valence-electron chi connectivity index (χ1n) is 6.01. The highest BCUT2D eigenvalue weighted by molar-refractivity contribution is 5.97. The molecule has 0 bridgehead atoms. The molecule has 0 fully saturated rings. The lowest BCUT2D eigenvalue weighted by atomic mass is 10.1. The Morgan fingerprint density at radius 1 is 1.12 bits per heavy atom. The zero-order valence-corrected chi connectivity index (χ0v) is 12.4. The van der Waals surface area contributed by atoms with Gasteiger partial charge in [0.2, 0.25) is 0 Å². The molecule has 0 radical (unpaired) electrons. The lowest BCUT2D eigenvalue weighted by molar-refractivity contribution is -0.144. The van der Waals surface area contributed by atoms with E-state index in [0.717, 1.165) is 19.3 Å². The Morgan fingerprint density at radius 3 is 2.59 bits per heavy atom. The second-order valence-electron chi connectivity index (χ2n) is 3.91. The average Bonchev–Trinajstić information content (AvgIpc) is 2.36. The highest BCUT2D eigenvalue weighted by atomic mass is 28.2. The van der Waals surface area contributed by atoms with E-state index in [1.54, 1.807) is 0 Å². The van der Waals surface area contributed by atoms with Crippen LogP contribution in [0.3, 0.4) is 0 Å². The Morgan fingerprint density at radius 2 is 1.88 bits per heavy atom. The van der Waals surface area contributed by atoms with Crippen molar-refractivity contribution in [1.29, 1.82) is 0 Å². The topological polar surface area (TPSA) is 35.5 Å². The van der Waals surface area contributed by atoms with Crippen LogP contribution >= 0.6 is 0 Å². The van der Waals surface area contributed by atoms with Crippen molar-refractivity contribution in [1.82, 2.24) is 0 Å². The Labute approximate surface area is 106 Å². The Kier molecular flexibility index (Phi) is 7.34. The van der Waals surface area contributed by atoms with Gasteiger partial charge in [-0.3, -0.25) is 4.79 Å². The van der Waals surface area contributed by atoms with E-state index in [1.165, 1.54) is 5.56 Å². The minimum atomic E-state index is -0.114. The zero-order chi connectivity index (χ0) is 12.3. The quantitative estimate of drug-likeness (QED) is 0.397. The van der Waals surface area contributed by atoms with Gasteiger partial charge in [-0.15, -0.1) is 0 Å². The highest BCUT2D eigenvalue weighted by Gasteiger charge is 2.02. The van der Waals surface area contributed by atoms with Gasteiger partial charge in [-0.1, -0.05) is 30.3 Å². The summed E-state index contributed by atoms with van der Waals surface area (Å²) < 4.78 is 9.93. The Balaban J connectivity index is 2.02. The van der Waals surface area contributed by atoms with Crippen molar-refractivity contribution in [2.24, 2.45) is 0 Å². The van der Waals surface area contributed by atoms with E-state index in [9.17, 15) is 4.79 Å². The van der Waals surface area contributed by atoms with Crippen LogP contribution in [0.15, 0.2) is 30.3 Å². The first kappa shape index (κ1) is 13.9. The molecule has 0 aromatic heterocycles. The van der Waals surface area contributed by atoms with E-state index < -0.39 is 0 Å². The minimum absolute atomic E-state index is 0.114. The van der Waals surface area contributed by atoms with Gasteiger partial charge in [-0.05, 0) is 24.8 Å². The third kappa shape index (κ3) is 6.91. The summed E-state index contributed by atoms with van der Waals surface area (Å²) in [4.78, 5) is 11.3. The number of ether oxygens (including phenoxy) is 1. The molecule has 17 heavy (non-hydrogen) atoms. The van der Waals surface area contributed by atoms with Crippen molar-refractivity contribution in [2.75, 3.05) is 13.2 Å². The fraction of sp³-hybridized carbons (Fsp3) is 0.462. The van der Waals surface area contributed by atoms with Crippen molar-refractivity contribution in [2.45, 2.75) is 25.7 Å². The van der Waals surface area contributed by atoms with Gasteiger partial charge in [0.05, 0.1) is 6.61 Å². The van der Waals surface area contributed by atoms with E-state index in [0.29, 0.717) is 30.1 Å². The molecule has 4 heteroatoms. The Bertz CT molecular complexity index is 314. The molecule has 1 aromatic carbocycles. The van der Waals surface area contributed by atoms with E-state index in [1.807, 2.05) is 18.2 Å². The maximum atomic E-state index is 11.3. The summed E-state index contributed by atoms with van der Waals surface area (Å²) in [7, 11) is 0.697. The van der Waals surface area contributed by atoms with Gasteiger partial charge in [-0.2, -0.15) is 0 Å². The first-order valence-corrected chi connectivity index (χ1v) is 6.83. The molecule has 0 atom stereocenters. The molecule has 0 saturated carbocycles. The lowest BCUT2D eigenvalue weighted by Crippen LogP contribution is -2.09. The summed E-state index contributed by atoms with van der Waals surface area (Å²) in [5.41, 5.74) is 1.32. The summed E-state index contributed by atoms with van der Waals surface area (Å²) >= 11 is 0. The molecular formula is C13H20O3Si. The molecule has 1 aromatic rings. The van der Waals surface area contributed by atoms with Crippen LogP contribution in [-0.4, -0.2) is 29.7 Å². The van der Waals surface area contributed by atoms with Crippen LogP contribution in [0.25, 0.3) is 0 Å². The average molecular weight is 252 g/mol. The number of carbonyl (C=O) groups excluding carboxylic acids is 1. The molecule has 0 aliphatic heterocycles. The number of benzene rings is 1. The minimum Gasteiger partial charge on any atom is -0.463 e. The number of hydrogen-bond acceptors (Lipinski definition) is 3. The van der Waals surface area contributed by atoms with Gasteiger partial charge in [0.25, 0.3) is 0 Å². The molecule has 94 valence electrons. The normalized spacial score (nSPS) is 10.4. The van der Waals surface area contributed by atoms with Crippen LogP contribution in [0.4, 0.5) is 0 Å². The van der Waals surface area contributed by atoms with Gasteiger partial charge >= 0.3 is 5.97 Å². The third-order valence-electron chi connectivity index (χ3n) is 2.49. The van der Waals surface area contributed by atoms with Crippen LogP contribution < -0.4 is 0 Å². The van der Waals surface area contributed by atoms with Crippen LogP contribution in [0.5, 0.6) is 0 Å². The number of carbonyl (C=O) groups is 1. The van der Waals surface area contributed by atoms with Gasteiger partial charge in [0, 0.05) is 6.42 Å². The SMILES string of the molecule is O=C(CCCCc1ccccc1)OCCO[SiH3]. The van der Waals surface area contributed by atoms with Crippen molar-refractivity contribution in [3.05, 3.63) is 35.9 Å². The molecule has 0 heterocycles. The molecule has 0 aliphatic rings. The van der Waals surface area contributed by atoms with Crippen LogP contribution in [0.2, 0.25) is 0 Å². The molecule has 0 amide bonds. The van der Waals surface area contributed by atoms with Crippen molar-refractivity contribution < 1.29 is 14.0 Å². The van der Waals surface area contributed by atoms with Gasteiger partial charge < -0.3 is 9.16 Å². The summed E-state index contributed by atoms with van der Waals surface area (Å²) in [6, 6.07) is 10.3. The number of unbranched alkanes of at least 4 members (excludes halogenated alkanes) is 1. The molecule has 1 rings (SSSR count). The smallest absolute Gasteiger partial charge is 0.305 e. The van der Waals surface area contributed by atoms with Crippen molar-refractivity contribution >= 4 is 16.5 Å². The molecule has 0 spiro atoms. The number of esters is 1. The zero-order valence-electron chi connectivity index (χ0n) is 10.4. The van der Waals surface area contributed by atoms with Crippen LogP contribution in [0, 0.1) is 0 Å². The van der Waals surface area contributed by atoms with E-state index in [-0.39, 0.29) is 5.97 Å². The predicted molar refractivity (Wildman–Crippen MR) is 70.8 cm³/mol. The monoisotopic (exact) mass is 252 g/mol. The van der Waals surface area contributed by atoms with Gasteiger partial charge in [0.15, 0.2) is 0 Å².